The van der Waals surface area contributed by atoms with Crippen molar-refractivity contribution in [3.8, 4) is 0 Å². The van der Waals surface area contributed by atoms with E-state index < -0.39 is 0 Å². The highest BCUT2D eigenvalue weighted by molar-refractivity contribution is 5.00. The molecule has 3 aliphatic rings. The quantitative estimate of drug-likeness (QED) is 0.826. The second-order valence-corrected chi connectivity index (χ2v) is 7.97. The Balaban J connectivity index is 1.72. The van der Waals surface area contributed by atoms with E-state index in [1.165, 1.54) is 64.3 Å². The van der Waals surface area contributed by atoms with Gasteiger partial charge in [0, 0.05) is 18.1 Å². The molecule has 3 fully saturated rings. The van der Waals surface area contributed by atoms with Gasteiger partial charge in [0.05, 0.1) is 0 Å². The Labute approximate surface area is 119 Å². The van der Waals surface area contributed by atoms with Crippen molar-refractivity contribution in [1.29, 1.82) is 0 Å². The van der Waals surface area contributed by atoms with Gasteiger partial charge in [-0.1, -0.05) is 33.1 Å². The van der Waals surface area contributed by atoms with Crippen LogP contribution >= 0.6 is 0 Å². The topological polar surface area (TPSA) is 29.3 Å². The van der Waals surface area contributed by atoms with Crippen LogP contribution in [0.3, 0.4) is 0 Å². The van der Waals surface area contributed by atoms with Crippen LogP contribution in [-0.2, 0) is 0 Å². The Morgan fingerprint density at radius 1 is 0.895 bits per heavy atom. The predicted molar refractivity (Wildman–Crippen MR) is 81.1 cm³/mol. The summed E-state index contributed by atoms with van der Waals surface area (Å²) < 4.78 is 0. The van der Waals surface area contributed by atoms with Gasteiger partial charge in [-0.05, 0) is 56.4 Å². The van der Waals surface area contributed by atoms with Crippen LogP contribution in [0.2, 0.25) is 0 Å². The molecule has 2 aliphatic carbocycles. The monoisotopic (exact) mass is 264 g/mol. The molecule has 2 saturated carbocycles. The third-order valence-electron chi connectivity index (χ3n) is 6.35. The second-order valence-electron chi connectivity index (χ2n) is 7.97. The third kappa shape index (κ3) is 2.58. The van der Waals surface area contributed by atoms with Crippen molar-refractivity contribution < 1.29 is 0 Å². The lowest BCUT2D eigenvalue weighted by molar-refractivity contribution is 0.0435. The molecule has 1 aliphatic heterocycles. The summed E-state index contributed by atoms with van der Waals surface area (Å²) in [6.45, 7) is 6.07. The molecular weight excluding hydrogens is 232 g/mol. The molecule has 2 heteroatoms. The van der Waals surface area contributed by atoms with Gasteiger partial charge in [-0.2, -0.15) is 0 Å². The lowest BCUT2D eigenvalue weighted by Crippen LogP contribution is -2.58. The smallest absolute Gasteiger partial charge is 0.0255 e. The number of hydrogen-bond donors (Lipinski definition) is 1. The first-order valence-electron chi connectivity index (χ1n) is 8.61. The Morgan fingerprint density at radius 2 is 1.58 bits per heavy atom. The molecule has 0 aromatic rings. The molecule has 1 heterocycles. The number of likely N-dealkylation sites (tertiary alicyclic amines) is 1. The number of nitrogens with zero attached hydrogens (tertiary/aromatic N) is 1. The largest absolute Gasteiger partial charge is 0.326 e. The number of rotatable bonds is 2. The first-order chi connectivity index (χ1) is 9.09. The summed E-state index contributed by atoms with van der Waals surface area (Å²) in [7, 11) is 0. The Bertz CT molecular complexity index is 306. The lowest BCUT2D eigenvalue weighted by atomic mass is 9.70. The molecule has 0 amide bonds. The van der Waals surface area contributed by atoms with Crippen molar-refractivity contribution >= 4 is 0 Å². The lowest BCUT2D eigenvalue weighted by Gasteiger charge is -2.48. The van der Waals surface area contributed by atoms with Crippen LogP contribution in [-0.4, -0.2) is 29.6 Å². The zero-order valence-electron chi connectivity index (χ0n) is 12.9. The fourth-order valence-electron chi connectivity index (χ4n) is 5.08. The predicted octanol–water partition coefficient (Wildman–Crippen LogP) is 3.55. The molecule has 2 nitrogen and oxygen atoms in total. The highest BCUT2D eigenvalue weighted by atomic mass is 15.2. The molecule has 0 aromatic heterocycles. The Hall–Kier alpha value is -0.0800. The minimum atomic E-state index is 0.339. The fourth-order valence-corrected chi connectivity index (χ4v) is 5.08. The molecule has 0 radical (unpaired) electrons. The summed E-state index contributed by atoms with van der Waals surface area (Å²) in [6, 6.07) is 1.91. The first-order valence-corrected chi connectivity index (χ1v) is 8.61. The molecule has 110 valence electrons. The molecule has 0 spiro atoms. The summed E-state index contributed by atoms with van der Waals surface area (Å²) in [6.07, 6.45) is 12.8. The van der Waals surface area contributed by atoms with Crippen LogP contribution in [0.5, 0.6) is 0 Å². The van der Waals surface area contributed by atoms with Gasteiger partial charge in [0.25, 0.3) is 0 Å². The van der Waals surface area contributed by atoms with E-state index in [4.69, 9.17) is 5.73 Å². The van der Waals surface area contributed by atoms with Crippen LogP contribution in [0.1, 0.15) is 71.6 Å². The van der Waals surface area contributed by atoms with Crippen LogP contribution in [0.25, 0.3) is 0 Å². The summed E-state index contributed by atoms with van der Waals surface area (Å²) >= 11 is 0. The molecule has 2 N–H and O–H groups in total. The van der Waals surface area contributed by atoms with Crippen molar-refractivity contribution in [3.63, 3.8) is 0 Å². The number of nitrogens with two attached hydrogens (primary N) is 1. The molecule has 3 atom stereocenters. The van der Waals surface area contributed by atoms with Gasteiger partial charge in [0.2, 0.25) is 0 Å². The van der Waals surface area contributed by atoms with E-state index >= 15 is 0 Å². The van der Waals surface area contributed by atoms with E-state index in [9.17, 15) is 0 Å². The standard InChI is InChI=1S/C17H32N2/c1-17(2)11-5-9-15(16(17)18)19-12-6-10-14(19)13-7-3-4-8-13/h13-16H,3-12,18H2,1-2H3. The average Bonchev–Trinajstić information content (AvgIpc) is 3.01. The molecule has 0 bridgehead atoms. The van der Waals surface area contributed by atoms with Crippen molar-refractivity contribution in [2.45, 2.75) is 89.8 Å². The minimum absolute atomic E-state index is 0.339. The minimum Gasteiger partial charge on any atom is -0.326 e. The van der Waals surface area contributed by atoms with Crippen LogP contribution in [0, 0.1) is 11.3 Å². The maximum absolute atomic E-state index is 6.66. The van der Waals surface area contributed by atoms with Gasteiger partial charge in [0.1, 0.15) is 0 Å². The molecular formula is C17H32N2. The van der Waals surface area contributed by atoms with Crippen LogP contribution < -0.4 is 5.73 Å². The first kappa shape index (κ1) is 13.9. The van der Waals surface area contributed by atoms with Gasteiger partial charge in [-0.3, -0.25) is 4.90 Å². The van der Waals surface area contributed by atoms with E-state index in [1.807, 2.05) is 0 Å². The van der Waals surface area contributed by atoms with Crippen LogP contribution in [0.4, 0.5) is 0 Å². The van der Waals surface area contributed by atoms with E-state index in [1.54, 1.807) is 0 Å². The summed E-state index contributed by atoms with van der Waals surface area (Å²) in [5.74, 6) is 0.986. The van der Waals surface area contributed by atoms with E-state index in [2.05, 4.69) is 18.7 Å². The van der Waals surface area contributed by atoms with E-state index in [0.717, 1.165) is 12.0 Å². The molecule has 1 saturated heterocycles. The highest BCUT2D eigenvalue weighted by Gasteiger charge is 2.44. The zero-order chi connectivity index (χ0) is 13.5. The molecule has 19 heavy (non-hydrogen) atoms. The Morgan fingerprint density at radius 3 is 2.32 bits per heavy atom. The summed E-state index contributed by atoms with van der Waals surface area (Å²) in [5, 5.41) is 0. The fraction of sp³-hybridized carbons (Fsp3) is 1.00. The normalized spacial score (nSPS) is 40.9. The van der Waals surface area contributed by atoms with Crippen molar-refractivity contribution in [2.24, 2.45) is 17.1 Å². The van der Waals surface area contributed by atoms with Crippen molar-refractivity contribution in [2.75, 3.05) is 6.54 Å². The molecule has 3 rings (SSSR count). The third-order valence-corrected chi connectivity index (χ3v) is 6.35. The van der Waals surface area contributed by atoms with Gasteiger partial charge in [-0.25, -0.2) is 0 Å². The van der Waals surface area contributed by atoms with Crippen LogP contribution in [0.15, 0.2) is 0 Å². The summed E-state index contributed by atoms with van der Waals surface area (Å²) in [5.41, 5.74) is 6.99. The summed E-state index contributed by atoms with van der Waals surface area (Å²) in [4.78, 5) is 2.85. The van der Waals surface area contributed by atoms with Gasteiger partial charge >= 0.3 is 0 Å². The maximum Gasteiger partial charge on any atom is 0.0255 e. The van der Waals surface area contributed by atoms with E-state index in [0.29, 0.717) is 17.5 Å². The number of hydrogen-bond acceptors (Lipinski definition) is 2. The molecule has 0 aromatic carbocycles. The van der Waals surface area contributed by atoms with Gasteiger partial charge < -0.3 is 5.73 Å². The molecule has 3 unspecified atom stereocenters. The van der Waals surface area contributed by atoms with Gasteiger partial charge in [0.15, 0.2) is 0 Å². The van der Waals surface area contributed by atoms with Crippen molar-refractivity contribution in [1.82, 2.24) is 4.90 Å². The second kappa shape index (κ2) is 5.37. The zero-order valence-corrected chi connectivity index (χ0v) is 12.9. The SMILES string of the molecule is CC1(C)CCCC(N2CCCC2C2CCCC2)C1N. The Kier molecular flexibility index (Phi) is 3.92. The average molecular weight is 264 g/mol. The van der Waals surface area contributed by atoms with Crippen molar-refractivity contribution in [3.05, 3.63) is 0 Å². The van der Waals surface area contributed by atoms with Gasteiger partial charge in [-0.15, -0.1) is 0 Å². The maximum atomic E-state index is 6.66. The van der Waals surface area contributed by atoms with E-state index in [-0.39, 0.29) is 0 Å². The highest BCUT2D eigenvalue weighted by Crippen LogP contribution is 2.42.